The number of nitrogens with one attached hydrogen (secondary N) is 3. The van der Waals surface area contributed by atoms with E-state index in [-0.39, 0.29) is 66.9 Å². The minimum absolute atomic E-state index is 0.0117. The average molecular weight is 1060 g/mol. The smallest absolute Gasteiger partial charge is 0.356 e. The fourth-order valence-electron chi connectivity index (χ4n) is 9.18. The number of benzene rings is 3. The van der Waals surface area contributed by atoms with Crippen LogP contribution in [0.5, 0.6) is 0 Å². The first-order valence-electron chi connectivity index (χ1n) is 23.7. The van der Waals surface area contributed by atoms with Gasteiger partial charge in [0, 0.05) is 77.4 Å². The number of nitrogens with zero attached hydrogens (tertiary/aromatic N) is 3. The molecule has 0 bridgehead atoms. The van der Waals surface area contributed by atoms with Crippen LogP contribution in [0.3, 0.4) is 0 Å². The summed E-state index contributed by atoms with van der Waals surface area (Å²) in [5.74, 6) is 3.22. The Labute approximate surface area is 427 Å². The van der Waals surface area contributed by atoms with E-state index >= 15 is 0 Å². The zero-order valence-electron chi connectivity index (χ0n) is 40.1. The molecule has 3 aliphatic rings. The fourth-order valence-corrected chi connectivity index (χ4v) is 11.3. The van der Waals surface area contributed by atoms with Crippen LogP contribution < -0.4 is 20.9 Å². The SMILES string of the molecule is CC(C)(C)[C@H](NC(=O)c1cc2cc(C(F)(F)P(=O)(O)O)ccc2s1)C(=O)N1CCC[C@H]1C(=O)N(CCC(=O)NCCCC#Cc1cccc2c1CN(C1CCC(=O)NC1=O)C2=O)c1ccc(-c2cccs2)cc1. The minimum atomic E-state index is -5.84. The highest BCUT2D eigenvalue weighted by Gasteiger charge is 2.50. The summed E-state index contributed by atoms with van der Waals surface area (Å²) in [4.78, 5) is 118. The summed E-state index contributed by atoms with van der Waals surface area (Å²) in [5.41, 5.74) is -2.93. The van der Waals surface area contributed by atoms with E-state index in [2.05, 4.69) is 27.8 Å². The third-order valence-corrected chi connectivity index (χ3v) is 16.1. The van der Waals surface area contributed by atoms with Gasteiger partial charge >= 0.3 is 13.3 Å². The van der Waals surface area contributed by atoms with Gasteiger partial charge in [0.25, 0.3) is 11.8 Å². The molecule has 0 radical (unpaired) electrons. The molecular formula is C52H53F2N6O10PS2. The second kappa shape index (κ2) is 21.5. The minimum Gasteiger partial charge on any atom is -0.356 e. The molecule has 3 atom stereocenters. The van der Waals surface area contributed by atoms with Gasteiger partial charge in [-0.1, -0.05) is 62.9 Å². The number of anilines is 1. The molecule has 3 aromatic carbocycles. The maximum atomic E-state index is 14.8. The molecule has 3 aliphatic heterocycles. The Morgan fingerprint density at radius 1 is 0.986 bits per heavy atom. The molecule has 16 nitrogen and oxygen atoms in total. The van der Waals surface area contributed by atoms with Gasteiger partial charge in [0.15, 0.2) is 0 Å². The summed E-state index contributed by atoms with van der Waals surface area (Å²) in [5, 5.41) is 10.1. The Morgan fingerprint density at radius 2 is 1.75 bits per heavy atom. The summed E-state index contributed by atoms with van der Waals surface area (Å²) in [6.07, 6.45) is 2.09. The van der Waals surface area contributed by atoms with Gasteiger partial charge in [0.05, 0.1) is 4.88 Å². The first-order chi connectivity index (χ1) is 34.6. The number of imide groups is 1. The molecule has 8 rings (SSSR count). The number of thiophene rings is 2. The Bertz CT molecular complexity index is 3100. The Morgan fingerprint density at radius 3 is 2.45 bits per heavy atom. The second-order valence-corrected chi connectivity index (χ2v) is 22.8. The lowest BCUT2D eigenvalue weighted by atomic mass is 9.85. The second-order valence-electron chi connectivity index (χ2n) is 19.2. The number of rotatable bonds is 15. The quantitative estimate of drug-likeness (QED) is 0.0309. The molecule has 21 heteroatoms. The van der Waals surface area contributed by atoms with Gasteiger partial charge in [0.2, 0.25) is 29.5 Å². The summed E-state index contributed by atoms with van der Waals surface area (Å²) < 4.78 is 41.0. The van der Waals surface area contributed by atoms with Crippen molar-refractivity contribution in [2.24, 2.45) is 5.41 Å². The molecule has 73 heavy (non-hydrogen) atoms. The van der Waals surface area contributed by atoms with E-state index in [0.717, 1.165) is 33.9 Å². The molecule has 382 valence electrons. The number of fused-ring (bicyclic) bond motifs is 2. The molecule has 5 aromatic rings. The number of piperidine rings is 1. The van der Waals surface area contributed by atoms with Crippen LogP contribution in [0.15, 0.2) is 84.2 Å². The molecule has 0 spiro atoms. The number of hydrogen-bond acceptors (Lipinski definition) is 10. The molecule has 0 saturated carbocycles. The Hall–Kier alpha value is -6.62. The molecule has 2 fully saturated rings. The third-order valence-electron chi connectivity index (χ3n) is 13.1. The predicted octanol–water partition coefficient (Wildman–Crippen LogP) is 7.12. The maximum absolute atomic E-state index is 14.8. The number of likely N-dealkylation sites (tertiary alicyclic amines) is 1. The lowest BCUT2D eigenvalue weighted by Gasteiger charge is -2.36. The van der Waals surface area contributed by atoms with Crippen molar-refractivity contribution in [3.63, 3.8) is 0 Å². The molecule has 0 aliphatic carbocycles. The van der Waals surface area contributed by atoms with Crippen LogP contribution in [-0.4, -0.2) is 98.7 Å². The van der Waals surface area contributed by atoms with Gasteiger partial charge < -0.3 is 35.1 Å². The van der Waals surface area contributed by atoms with Gasteiger partial charge in [-0.25, -0.2) is 0 Å². The number of carbonyl (C=O) groups is 7. The zero-order valence-corrected chi connectivity index (χ0v) is 42.6. The lowest BCUT2D eigenvalue weighted by molar-refractivity contribution is -0.141. The van der Waals surface area contributed by atoms with Crippen LogP contribution in [-0.2, 0) is 40.7 Å². The van der Waals surface area contributed by atoms with Crippen molar-refractivity contribution >= 4 is 87.4 Å². The van der Waals surface area contributed by atoms with Gasteiger partial charge in [-0.05, 0) is 102 Å². The molecule has 1 unspecified atom stereocenters. The summed E-state index contributed by atoms with van der Waals surface area (Å²) >= 11 is 2.52. The molecule has 5 N–H and O–H groups in total. The van der Waals surface area contributed by atoms with E-state index in [4.69, 9.17) is 0 Å². The molecular weight excluding hydrogens is 1000 g/mol. The van der Waals surface area contributed by atoms with Crippen molar-refractivity contribution in [2.75, 3.05) is 24.5 Å². The van der Waals surface area contributed by atoms with Gasteiger partial charge in [-0.2, -0.15) is 8.78 Å². The van der Waals surface area contributed by atoms with Crippen LogP contribution in [0.1, 0.15) is 102 Å². The number of unbranched alkanes of at least 4 members (excludes halogenated alkanes) is 1. The van der Waals surface area contributed by atoms with E-state index in [9.17, 15) is 56.7 Å². The van der Waals surface area contributed by atoms with Gasteiger partial charge in [-0.15, -0.1) is 22.7 Å². The Balaban J connectivity index is 0.915. The normalized spacial score (nSPS) is 17.4. The lowest BCUT2D eigenvalue weighted by Crippen LogP contribution is -2.58. The van der Waals surface area contributed by atoms with Crippen molar-refractivity contribution in [2.45, 2.75) is 96.1 Å². The first kappa shape index (κ1) is 52.7. The van der Waals surface area contributed by atoms with E-state index in [1.165, 1.54) is 26.8 Å². The highest BCUT2D eigenvalue weighted by molar-refractivity contribution is 7.52. The van der Waals surface area contributed by atoms with Crippen LogP contribution >= 0.6 is 30.3 Å². The third kappa shape index (κ3) is 11.5. The number of hydrogen-bond donors (Lipinski definition) is 5. The zero-order chi connectivity index (χ0) is 52.4. The van der Waals surface area contributed by atoms with Crippen molar-refractivity contribution in [3.05, 3.63) is 111 Å². The standard InChI is InChI=1S/C52H53F2N6O10PS2/c1-51(2,3)45(57-47(64)42-29-33-28-34(17-21-41(33)73-42)52(53,54)71(68,69)70)50(67)59-25-8-13-39(59)49(66)58(35-18-15-32(16-19-35)40-14-9-27-72-40)26-23-43(61)55-24-6-4-5-10-31-11-7-12-36-37(31)30-60(48(36)65)38-20-22-44(62)56-46(38)63/h7,9,11-12,14-19,21,27-29,38-39,45H,4,6,8,13,20,22-26,30H2,1-3H3,(H,55,61)(H,57,64)(H,56,62,63)(H2,68,69,70)/t38?,39-,45+/m0/s1. The summed E-state index contributed by atoms with van der Waals surface area (Å²) in [7, 11) is -5.84. The van der Waals surface area contributed by atoms with Crippen LogP contribution in [0, 0.1) is 17.3 Å². The van der Waals surface area contributed by atoms with E-state index in [0.29, 0.717) is 59.3 Å². The molecule has 5 heterocycles. The molecule has 7 amide bonds. The monoisotopic (exact) mass is 1050 g/mol. The fraction of sp³-hybridized carbons (Fsp3) is 0.365. The highest BCUT2D eigenvalue weighted by Crippen LogP contribution is 2.59. The van der Waals surface area contributed by atoms with Crippen molar-refractivity contribution < 1.29 is 56.7 Å². The first-order valence-corrected chi connectivity index (χ1v) is 27.0. The number of halogens is 2. The average Bonchev–Trinajstić information content (AvgIpc) is 4.19. The molecule has 2 saturated heterocycles. The largest absolute Gasteiger partial charge is 0.399 e. The van der Waals surface area contributed by atoms with E-state index < -0.39 is 66.0 Å². The van der Waals surface area contributed by atoms with E-state index in [1.807, 2.05) is 35.7 Å². The van der Waals surface area contributed by atoms with E-state index in [1.54, 1.807) is 56.4 Å². The predicted molar refractivity (Wildman–Crippen MR) is 272 cm³/mol. The number of alkyl halides is 2. The topological polar surface area (TPSA) is 223 Å². The van der Waals surface area contributed by atoms with Crippen molar-refractivity contribution in [3.8, 4) is 22.3 Å². The molecule has 2 aromatic heterocycles. The van der Waals surface area contributed by atoms with Crippen LogP contribution in [0.4, 0.5) is 14.5 Å². The Kier molecular flexibility index (Phi) is 15.5. The van der Waals surface area contributed by atoms with Crippen molar-refractivity contribution in [1.29, 1.82) is 0 Å². The van der Waals surface area contributed by atoms with Crippen molar-refractivity contribution in [1.82, 2.24) is 25.8 Å². The number of carbonyl (C=O) groups excluding carboxylic acids is 7. The summed E-state index contributed by atoms with van der Waals surface area (Å²) in [6.45, 7) is 5.98. The number of amides is 7. The maximum Gasteiger partial charge on any atom is 0.399 e. The van der Waals surface area contributed by atoms with Gasteiger partial charge in [0.1, 0.15) is 18.1 Å². The summed E-state index contributed by atoms with van der Waals surface area (Å²) in [6, 6.07) is 18.1. The van der Waals surface area contributed by atoms with Gasteiger partial charge in [-0.3, -0.25) is 43.4 Å². The van der Waals surface area contributed by atoms with Crippen LogP contribution in [0.25, 0.3) is 20.5 Å². The van der Waals surface area contributed by atoms with Crippen LogP contribution in [0.2, 0.25) is 0 Å². The highest BCUT2D eigenvalue weighted by atomic mass is 32.1.